The van der Waals surface area contributed by atoms with Gasteiger partial charge < -0.3 is 19.5 Å². The van der Waals surface area contributed by atoms with Crippen LogP contribution < -0.4 is 9.47 Å². The largest absolute Gasteiger partial charge is 0.486 e. The lowest BCUT2D eigenvalue weighted by molar-refractivity contribution is -0.141. The van der Waals surface area contributed by atoms with Gasteiger partial charge in [0.15, 0.2) is 11.5 Å². The van der Waals surface area contributed by atoms with E-state index in [1.54, 1.807) is 24.0 Å². The van der Waals surface area contributed by atoms with Gasteiger partial charge in [0.1, 0.15) is 13.2 Å². The summed E-state index contributed by atoms with van der Waals surface area (Å²) in [6.45, 7) is 2.75. The quantitative estimate of drug-likeness (QED) is 0.845. The number of ether oxygens (including phenoxy) is 2. The van der Waals surface area contributed by atoms with Crippen LogP contribution in [-0.2, 0) is 4.79 Å². The normalized spacial score (nSPS) is 17.5. The van der Waals surface area contributed by atoms with Gasteiger partial charge in [0, 0.05) is 18.2 Å². The molecule has 1 aliphatic carbocycles. The summed E-state index contributed by atoms with van der Waals surface area (Å²) in [4.78, 5) is 25.6. The number of carbonyl (C=O) groups is 2. The van der Waals surface area contributed by atoms with Crippen molar-refractivity contribution in [3.63, 3.8) is 0 Å². The number of hydrogen-bond donors (Lipinski definition) is 1. The first kappa shape index (κ1) is 16.1. The second-order valence-corrected chi connectivity index (χ2v) is 6.76. The summed E-state index contributed by atoms with van der Waals surface area (Å²) in [5, 5.41) is 9.11. The Balaban J connectivity index is 1.85. The SMILES string of the molecule is CC(CN(C(=O)c1cc(Br)c2c(c1)OCCO2)C1CC1)C(=O)O. The van der Waals surface area contributed by atoms with E-state index in [2.05, 4.69) is 15.9 Å². The molecule has 0 bridgehead atoms. The Kier molecular flexibility index (Phi) is 4.48. The molecule has 1 aromatic carbocycles. The summed E-state index contributed by atoms with van der Waals surface area (Å²) >= 11 is 3.41. The molecule has 3 rings (SSSR count). The zero-order valence-electron chi connectivity index (χ0n) is 12.8. The molecule has 7 heteroatoms. The van der Waals surface area contributed by atoms with Gasteiger partial charge in [-0.25, -0.2) is 0 Å². The van der Waals surface area contributed by atoms with Crippen LogP contribution in [0, 0.1) is 5.92 Å². The molecule has 1 fully saturated rings. The average Bonchev–Trinajstić information content (AvgIpc) is 3.36. The van der Waals surface area contributed by atoms with Crippen LogP contribution in [0.25, 0.3) is 0 Å². The highest BCUT2D eigenvalue weighted by Gasteiger charge is 2.35. The predicted octanol–water partition coefficient (Wildman–Crippen LogP) is 2.55. The molecule has 1 atom stereocenters. The van der Waals surface area contributed by atoms with Crippen LogP contribution in [0.1, 0.15) is 30.1 Å². The van der Waals surface area contributed by atoms with Crippen molar-refractivity contribution in [2.45, 2.75) is 25.8 Å². The molecule has 0 radical (unpaired) electrons. The Morgan fingerprint density at radius 2 is 2.04 bits per heavy atom. The van der Waals surface area contributed by atoms with Crippen LogP contribution in [-0.4, -0.2) is 47.7 Å². The lowest BCUT2D eigenvalue weighted by Crippen LogP contribution is -2.38. The van der Waals surface area contributed by atoms with Crippen molar-refractivity contribution in [3.05, 3.63) is 22.2 Å². The van der Waals surface area contributed by atoms with Crippen LogP contribution >= 0.6 is 15.9 Å². The van der Waals surface area contributed by atoms with E-state index in [0.717, 1.165) is 12.8 Å². The van der Waals surface area contributed by atoms with Crippen molar-refractivity contribution >= 4 is 27.8 Å². The molecule has 0 spiro atoms. The number of carboxylic acid groups (broad SMARTS) is 1. The van der Waals surface area contributed by atoms with Crippen molar-refractivity contribution in [2.24, 2.45) is 5.92 Å². The van der Waals surface area contributed by atoms with E-state index in [9.17, 15) is 9.59 Å². The lowest BCUT2D eigenvalue weighted by Gasteiger charge is -2.26. The number of rotatable bonds is 5. The molecule has 1 amide bonds. The number of amides is 1. The minimum Gasteiger partial charge on any atom is -0.486 e. The molecule has 1 aromatic rings. The van der Waals surface area contributed by atoms with Crippen molar-refractivity contribution in [1.82, 2.24) is 4.90 Å². The Bertz CT molecular complexity index is 644. The molecule has 2 aliphatic rings. The number of carbonyl (C=O) groups excluding carboxylic acids is 1. The second-order valence-electron chi connectivity index (χ2n) is 5.91. The second kappa shape index (κ2) is 6.39. The molecular formula is C16H18BrNO5. The molecule has 1 saturated carbocycles. The van der Waals surface area contributed by atoms with E-state index in [1.165, 1.54) is 0 Å². The van der Waals surface area contributed by atoms with Crippen LogP contribution in [0.15, 0.2) is 16.6 Å². The van der Waals surface area contributed by atoms with E-state index in [4.69, 9.17) is 14.6 Å². The third-order valence-corrected chi connectivity index (χ3v) is 4.57. The molecule has 0 aromatic heterocycles. The van der Waals surface area contributed by atoms with E-state index < -0.39 is 11.9 Å². The molecule has 124 valence electrons. The third-order valence-electron chi connectivity index (χ3n) is 3.98. The maximum absolute atomic E-state index is 12.8. The number of hydrogen-bond acceptors (Lipinski definition) is 4. The van der Waals surface area contributed by atoms with Crippen molar-refractivity contribution in [1.29, 1.82) is 0 Å². The van der Waals surface area contributed by atoms with Crippen molar-refractivity contribution in [3.8, 4) is 11.5 Å². The summed E-state index contributed by atoms with van der Waals surface area (Å²) in [6, 6.07) is 3.51. The van der Waals surface area contributed by atoms with Crippen LogP contribution in [0.4, 0.5) is 0 Å². The molecule has 1 aliphatic heterocycles. The Morgan fingerprint density at radius 3 is 2.70 bits per heavy atom. The van der Waals surface area contributed by atoms with E-state index in [-0.39, 0.29) is 18.5 Å². The first-order chi connectivity index (χ1) is 11.0. The summed E-state index contributed by atoms with van der Waals surface area (Å²) in [6.07, 6.45) is 1.84. The zero-order chi connectivity index (χ0) is 16.6. The summed E-state index contributed by atoms with van der Waals surface area (Å²) in [5.41, 5.74) is 0.477. The zero-order valence-corrected chi connectivity index (χ0v) is 14.3. The first-order valence-electron chi connectivity index (χ1n) is 7.60. The summed E-state index contributed by atoms with van der Waals surface area (Å²) < 4.78 is 11.7. The van der Waals surface area contributed by atoms with Crippen molar-refractivity contribution in [2.75, 3.05) is 19.8 Å². The molecule has 0 saturated heterocycles. The maximum atomic E-state index is 12.8. The summed E-state index contributed by atoms with van der Waals surface area (Å²) in [7, 11) is 0. The van der Waals surface area contributed by atoms with Gasteiger partial charge in [-0.1, -0.05) is 6.92 Å². The highest BCUT2D eigenvalue weighted by molar-refractivity contribution is 9.10. The number of benzene rings is 1. The van der Waals surface area contributed by atoms with Gasteiger partial charge in [-0.2, -0.15) is 0 Å². The molecule has 1 heterocycles. The fraction of sp³-hybridized carbons (Fsp3) is 0.500. The highest BCUT2D eigenvalue weighted by atomic mass is 79.9. The van der Waals surface area contributed by atoms with Gasteiger partial charge in [0.2, 0.25) is 0 Å². The minimum atomic E-state index is -0.896. The number of fused-ring (bicyclic) bond motifs is 1. The molecule has 6 nitrogen and oxygen atoms in total. The number of nitrogens with zero attached hydrogens (tertiary/aromatic N) is 1. The fourth-order valence-corrected chi connectivity index (χ4v) is 3.11. The monoisotopic (exact) mass is 383 g/mol. The van der Waals surface area contributed by atoms with Gasteiger partial charge in [-0.05, 0) is 40.9 Å². The smallest absolute Gasteiger partial charge is 0.308 e. The van der Waals surface area contributed by atoms with Crippen LogP contribution in [0.2, 0.25) is 0 Å². The first-order valence-corrected chi connectivity index (χ1v) is 8.39. The standard InChI is InChI=1S/C16H18BrNO5/c1-9(16(20)21)8-18(11-2-3-11)15(19)10-6-12(17)14-13(7-10)22-4-5-23-14/h6-7,9,11H,2-5,8H2,1H3,(H,20,21). The molecular weight excluding hydrogens is 366 g/mol. The number of aliphatic carboxylic acids is 1. The average molecular weight is 384 g/mol. The number of carboxylic acids is 1. The van der Waals surface area contributed by atoms with E-state index in [0.29, 0.717) is 34.7 Å². The van der Waals surface area contributed by atoms with Gasteiger partial charge >= 0.3 is 5.97 Å². The topological polar surface area (TPSA) is 76.1 Å². The molecule has 23 heavy (non-hydrogen) atoms. The van der Waals surface area contributed by atoms with E-state index >= 15 is 0 Å². The predicted molar refractivity (Wildman–Crippen MR) is 86.0 cm³/mol. The number of halogens is 1. The molecule has 1 N–H and O–H groups in total. The Morgan fingerprint density at radius 1 is 1.35 bits per heavy atom. The maximum Gasteiger partial charge on any atom is 0.308 e. The van der Waals surface area contributed by atoms with E-state index in [1.807, 2.05) is 0 Å². The Labute approximate surface area is 142 Å². The van der Waals surface area contributed by atoms with Gasteiger partial charge in [0.25, 0.3) is 5.91 Å². The van der Waals surface area contributed by atoms with Gasteiger partial charge in [-0.3, -0.25) is 9.59 Å². The third kappa shape index (κ3) is 3.44. The lowest BCUT2D eigenvalue weighted by atomic mass is 10.1. The van der Waals surface area contributed by atoms with Gasteiger partial charge in [0.05, 0.1) is 10.4 Å². The van der Waals surface area contributed by atoms with Crippen LogP contribution in [0.3, 0.4) is 0 Å². The van der Waals surface area contributed by atoms with Crippen LogP contribution in [0.5, 0.6) is 11.5 Å². The Hall–Kier alpha value is -1.76. The summed E-state index contributed by atoms with van der Waals surface area (Å²) in [5.74, 6) is -0.522. The van der Waals surface area contributed by atoms with Crippen molar-refractivity contribution < 1.29 is 24.2 Å². The fourth-order valence-electron chi connectivity index (χ4n) is 2.56. The molecule has 1 unspecified atom stereocenters. The highest BCUT2D eigenvalue weighted by Crippen LogP contribution is 2.39. The van der Waals surface area contributed by atoms with Gasteiger partial charge in [-0.15, -0.1) is 0 Å². The minimum absolute atomic E-state index is 0.135.